The van der Waals surface area contributed by atoms with Gasteiger partial charge in [-0.25, -0.2) is 0 Å². The number of amides is 1. The molecule has 0 aromatic carbocycles. The van der Waals surface area contributed by atoms with E-state index in [1.165, 1.54) is 0 Å². The Kier molecular flexibility index (Phi) is 2.45. The SMILES string of the molecule is NC1CC(=O)NC(c2ccncc2)C1. The molecular formula is C10H13N3O. The highest BCUT2D eigenvalue weighted by molar-refractivity contribution is 5.78. The molecule has 0 radical (unpaired) electrons. The lowest BCUT2D eigenvalue weighted by molar-refractivity contribution is -0.123. The molecule has 1 aromatic heterocycles. The van der Waals surface area contributed by atoms with E-state index in [1.54, 1.807) is 12.4 Å². The van der Waals surface area contributed by atoms with Crippen LogP contribution in [0, 0.1) is 0 Å². The van der Waals surface area contributed by atoms with Crippen molar-refractivity contribution in [3.8, 4) is 0 Å². The molecule has 1 fully saturated rings. The number of aromatic nitrogens is 1. The molecule has 1 aliphatic heterocycles. The number of pyridine rings is 1. The van der Waals surface area contributed by atoms with E-state index >= 15 is 0 Å². The largest absolute Gasteiger partial charge is 0.349 e. The zero-order chi connectivity index (χ0) is 9.97. The monoisotopic (exact) mass is 191 g/mol. The molecule has 14 heavy (non-hydrogen) atoms. The number of nitrogens with one attached hydrogen (secondary N) is 1. The third kappa shape index (κ3) is 1.90. The van der Waals surface area contributed by atoms with Crippen molar-refractivity contribution in [3.63, 3.8) is 0 Å². The van der Waals surface area contributed by atoms with Gasteiger partial charge in [-0.05, 0) is 24.1 Å². The van der Waals surface area contributed by atoms with Gasteiger partial charge in [0.1, 0.15) is 0 Å². The summed E-state index contributed by atoms with van der Waals surface area (Å²) >= 11 is 0. The first-order chi connectivity index (χ1) is 6.75. The van der Waals surface area contributed by atoms with Gasteiger partial charge in [0.05, 0.1) is 6.04 Å². The number of carbonyl (C=O) groups excluding carboxylic acids is 1. The van der Waals surface area contributed by atoms with Gasteiger partial charge in [0, 0.05) is 24.9 Å². The van der Waals surface area contributed by atoms with E-state index in [-0.39, 0.29) is 18.0 Å². The van der Waals surface area contributed by atoms with E-state index in [9.17, 15) is 4.79 Å². The smallest absolute Gasteiger partial charge is 0.222 e. The summed E-state index contributed by atoms with van der Waals surface area (Å²) in [4.78, 5) is 15.2. The average molecular weight is 191 g/mol. The van der Waals surface area contributed by atoms with Crippen LogP contribution in [0.4, 0.5) is 0 Å². The Morgan fingerprint density at radius 3 is 2.79 bits per heavy atom. The van der Waals surface area contributed by atoms with Gasteiger partial charge in [-0.15, -0.1) is 0 Å². The Morgan fingerprint density at radius 2 is 2.14 bits per heavy atom. The van der Waals surface area contributed by atoms with Gasteiger partial charge >= 0.3 is 0 Å². The highest BCUT2D eigenvalue weighted by atomic mass is 16.1. The Morgan fingerprint density at radius 1 is 1.43 bits per heavy atom. The van der Waals surface area contributed by atoms with E-state index in [0.29, 0.717) is 6.42 Å². The molecule has 1 saturated heterocycles. The molecule has 0 aliphatic carbocycles. The summed E-state index contributed by atoms with van der Waals surface area (Å²) in [6.45, 7) is 0. The molecule has 2 atom stereocenters. The zero-order valence-electron chi connectivity index (χ0n) is 7.81. The Bertz CT molecular complexity index is 325. The Labute approximate surface area is 82.5 Å². The van der Waals surface area contributed by atoms with Gasteiger partial charge in [-0.3, -0.25) is 9.78 Å². The molecule has 74 valence electrons. The van der Waals surface area contributed by atoms with E-state index in [4.69, 9.17) is 5.73 Å². The highest BCUT2D eigenvalue weighted by Crippen LogP contribution is 2.21. The molecule has 2 unspecified atom stereocenters. The molecule has 1 amide bonds. The number of nitrogens with zero attached hydrogens (tertiary/aromatic N) is 1. The van der Waals surface area contributed by atoms with Crippen LogP contribution in [0.2, 0.25) is 0 Å². The van der Waals surface area contributed by atoms with Crippen LogP contribution in [0.15, 0.2) is 24.5 Å². The first kappa shape index (κ1) is 9.15. The number of rotatable bonds is 1. The molecule has 4 heteroatoms. The number of hydrogen-bond donors (Lipinski definition) is 2. The maximum atomic E-state index is 11.3. The van der Waals surface area contributed by atoms with Crippen molar-refractivity contribution < 1.29 is 4.79 Å². The summed E-state index contributed by atoms with van der Waals surface area (Å²) in [5.41, 5.74) is 6.85. The van der Waals surface area contributed by atoms with Gasteiger partial charge in [0.25, 0.3) is 0 Å². The summed E-state index contributed by atoms with van der Waals surface area (Å²) in [5, 5.41) is 2.92. The summed E-state index contributed by atoms with van der Waals surface area (Å²) in [5.74, 6) is 0.0329. The highest BCUT2D eigenvalue weighted by Gasteiger charge is 2.24. The fourth-order valence-electron chi connectivity index (χ4n) is 1.75. The van der Waals surface area contributed by atoms with Gasteiger partial charge in [-0.2, -0.15) is 0 Å². The van der Waals surface area contributed by atoms with Gasteiger partial charge in [-0.1, -0.05) is 0 Å². The van der Waals surface area contributed by atoms with Gasteiger partial charge in [0.2, 0.25) is 5.91 Å². The molecule has 4 nitrogen and oxygen atoms in total. The molecule has 2 rings (SSSR count). The van der Waals surface area contributed by atoms with Crippen molar-refractivity contribution in [2.45, 2.75) is 24.9 Å². The van der Waals surface area contributed by atoms with Crippen molar-refractivity contribution in [1.29, 1.82) is 0 Å². The second kappa shape index (κ2) is 3.75. The molecule has 2 heterocycles. The second-order valence-electron chi connectivity index (χ2n) is 3.60. The van der Waals surface area contributed by atoms with E-state index < -0.39 is 0 Å². The maximum Gasteiger partial charge on any atom is 0.222 e. The minimum absolute atomic E-state index is 0.0260. The second-order valence-corrected chi connectivity index (χ2v) is 3.60. The predicted molar refractivity (Wildman–Crippen MR) is 52.3 cm³/mol. The van der Waals surface area contributed by atoms with Crippen molar-refractivity contribution in [2.24, 2.45) is 5.73 Å². The van der Waals surface area contributed by atoms with Crippen molar-refractivity contribution in [2.75, 3.05) is 0 Å². The first-order valence-corrected chi connectivity index (χ1v) is 4.70. The molecule has 1 aromatic rings. The van der Waals surface area contributed by atoms with Crippen LogP contribution in [-0.2, 0) is 4.79 Å². The average Bonchev–Trinajstić information content (AvgIpc) is 2.18. The van der Waals surface area contributed by atoms with Crippen LogP contribution in [0.3, 0.4) is 0 Å². The fraction of sp³-hybridized carbons (Fsp3) is 0.400. The quantitative estimate of drug-likeness (QED) is 0.673. The first-order valence-electron chi connectivity index (χ1n) is 4.70. The van der Waals surface area contributed by atoms with E-state index in [1.807, 2.05) is 12.1 Å². The minimum atomic E-state index is -0.0260. The van der Waals surface area contributed by atoms with Crippen molar-refractivity contribution >= 4 is 5.91 Å². The minimum Gasteiger partial charge on any atom is -0.349 e. The van der Waals surface area contributed by atoms with Crippen LogP contribution >= 0.6 is 0 Å². The van der Waals surface area contributed by atoms with E-state index in [0.717, 1.165) is 12.0 Å². The molecule has 0 bridgehead atoms. The Balaban J connectivity index is 2.15. The van der Waals surface area contributed by atoms with Crippen molar-refractivity contribution in [3.05, 3.63) is 30.1 Å². The normalized spacial score (nSPS) is 27.1. The fourth-order valence-corrected chi connectivity index (χ4v) is 1.75. The third-order valence-corrected chi connectivity index (χ3v) is 2.43. The van der Waals surface area contributed by atoms with Crippen LogP contribution in [0.25, 0.3) is 0 Å². The molecule has 1 aliphatic rings. The summed E-state index contributed by atoms with van der Waals surface area (Å²) < 4.78 is 0. The maximum absolute atomic E-state index is 11.3. The zero-order valence-corrected chi connectivity index (χ0v) is 7.81. The summed E-state index contributed by atoms with van der Waals surface area (Å²) in [6.07, 6.45) is 4.68. The molecule has 0 spiro atoms. The van der Waals surface area contributed by atoms with Gasteiger partial charge < -0.3 is 11.1 Å². The number of piperidine rings is 1. The van der Waals surface area contributed by atoms with Crippen LogP contribution < -0.4 is 11.1 Å². The number of hydrogen-bond acceptors (Lipinski definition) is 3. The lowest BCUT2D eigenvalue weighted by atomic mass is 9.95. The molecular weight excluding hydrogens is 178 g/mol. The van der Waals surface area contributed by atoms with Crippen LogP contribution in [-0.4, -0.2) is 16.9 Å². The van der Waals surface area contributed by atoms with Gasteiger partial charge in [0.15, 0.2) is 0 Å². The van der Waals surface area contributed by atoms with Crippen LogP contribution in [0.1, 0.15) is 24.4 Å². The number of carbonyl (C=O) groups is 1. The summed E-state index contributed by atoms with van der Waals surface area (Å²) in [7, 11) is 0. The molecule has 3 N–H and O–H groups in total. The number of nitrogens with two attached hydrogens (primary N) is 1. The Hall–Kier alpha value is -1.42. The lowest BCUT2D eigenvalue weighted by Crippen LogP contribution is -2.42. The van der Waals surface area contributed by atoms with Crippen LogP contribution in [0.5, 0.6) is 0 Å². The standard InChI is InChI=1S/C10H13N3O/c11-8-5-9(13-10(14)6-8)7-1-3-12-4-2-7/h1-4,8-9H,5-6,11H2,(H,13,14). The van der Waals surface area contributed by atoms with Crippen molar-refractivity contribution in [1.82, 2.24) is 10.3 Å². The summed E-state index contributed by atoms with van der Waals surface area (Å²) in [6, 6.07) is 3.84. The topological polar surface area (TPSA) is 68.0 Å². The predicted octanol–water partition coefficient (Wildman–Crippen LogP) is 0.360. The van der Waals surface area contributed by atoms with E-state index in [2.05, 4.69) is 10.3 Å². The third-order valence-electron chi connectivity index (χ3n) is 2.43. The lowest BCUT2D eigenvalue weighted by Gasteiger charge is -2.27. The molecule has 0 saturated carbocycles.